The first-order valence-electron chi connectivity index (χ1n) is 10.9. The Morgan fingerprint density at radius 2 is 1.77 bits per heavy atom. The molecule has 0 radical (unpaired) electrons. The number of aryl methyl sites for hydroxylation is 1. The van der Waals surface area contributed by atoms with Crippen molar-refractivity contribution in [1.29, 1.82) is 0 Å². The number of amides is 1. The molecule has 0 spiro atoms. The summed E-state index contributed by atoms with van der Waals surface area (Å²) >= 11 is 0. The van der Waals surface area contributed by atoms with Gasteiger partial charge in [-0.3, -0.25) is 4.79 Å². The average Bonchev–Trinajstić information content (AvgIpc) is 2.78. The van der Waals surface area contributed by atoms with Crippen LogP contribution in [0.2, 0.25) is 0 Å². The molecule has 2 atom stereocenters. The molecule has 3 rings (SSSR count). The van der Waals surface area contributed by atoms with Crippen molar-refractivity contribution in [2.45, 2.75) is 45.1 Å². The van der Waals surface area contributed by atoms with Gasteiger partial charge in [0.25, 0.3) is 0 Å². The van der Waals surface area contributed by atoms with Crippen LogP contribution in [0, 0.1) is 5.92 Å². The predicted octanol–water partition coefficient (Wildman–Crippen LogP) is 3.93. The maximum absolute atomic E-state index is 12.9. The van der Waals surface area contributed by atoms with Gasteiger partial charge in [-0.1, -0.05) is 67.6 Å². The fraction of sp³-hybridized carbons (Fsp3) is 0.458. The SMILES string of the molecule is CCC(NC(=O)C1CCCN(S(=O)(=O)CCCc2ccccc2)C1)c1ccccc1. The number of benzene rings is 2. The topological polar surface area (TPSA) is 66.5 Å². The van der Waals surface area contributed by atoms with Crippen LogP contribution in [0.15, 0.2) is 60.7 Å². The molecular weight excluding hydrogens is 396 g/mol. The summed E-state index contributed by atoms with van der Waals surface area (Å²) in [7, 11) is -3.35. The fourth-order valence-corrected chi connectivity index (χ4v) is 5.62. The zero-order valence-electron chi connectivity index (χ0n) is 17.7. The summed E-state index contributed by atoms with van der Waals surface area (Å²) in [5, 5.41) is 3.13. The van der Waals surface area contributed by atoms with E-state index in [1.54, 1.807) is 0 Å². The molecule has 1 heterocycles. The molecule has 2 aromatic carbocycles. The van der Waals surface area contributed by atoms with E-state index >= 15 is 0 Å². The first-order valence-corrected chi connectivity index (χ1v) is 12.5. The highest BCUT2D eigenvalue weighted by Crippen LogP contribution is 2.23. The van der Waals surface area contributed by atoms with Gasteiger partial charge in [0.2, 0.25) is 15.9 Å². The fourth-order valence-electron chi connectivity index (χ4n) is 4.04. The lowest BCUT2D eigenvalue weighted by molar-refractivity contribution is -0.126. The van der Waals surface area contributed by atoms with E-state index in [0.717, 1.165) is 36.8 Å². The second kappa shape index (κ2) is 10.7. The van der Waals surface area contributed by atoms with Crippen molar-refractivity contribution in [3.05, 3.63) is 71.8 Å². The molecule has 5 nitrogen and oxygen atoms in total. The highest BCUT2D eigenvalue weighted by molar-refractivity contribution is 7.89. The van der Waals surface area contributed by atoms with Crippen molar-refractivity contribution in [3.63, 3.8) is 0 Å². The van der Waals surface area contributed by atoms with Crippen LogP contribution in [0.4, 0.5) is 0 Å². The smallest absolute Gasteiger partial charge is 0.224 e. The average molecular weight is 429 g/mol. The van der Waals surface area contributed by atoms with Gasteiger partial charge in [0.1, 0.15) is 0 Å². The molecule has 162 valence electrons. The second-order valence-electron chi connectivity index (χ2n) is 7.98. The molecule has 1 aliphatic rings. The zero-order chi connectivity index (χ0) is 21.4. The van der Waals surface area contributed by atoms with Gasteiger partial charge in [0, 0.05) is 13.1 Å². The van der Waals surface area contributed by atoms with Crippen LogP contribution < -0.4 is 5.32 Å². The van der Waals surface area contributed by atoms with Crippen molar-refractivity contribution in [3.8, 4) is 0 Å². The van der Waals surface area contributed by atoms with Gasteiger partial charge in [0.05, 0.1) is 17.7 Å². The molecular formula is C24H32N2O3S. The zero-order valence-corrected chi connectivity index (χ0v) is 18.5. The van der Waals surface area contributed by atoms with Crippen molar-refractivity contribution in [2.75, 3.05) is 18.8 Å². The lowest BCUT2D eigenvalue weighted by atomic mass is 9.97. The van der Waals surface area contributed by atoms with Crippen LogP contribution in [0.3, 0.4) is 0 Å². The predicted molar refractivity (Wildman–Crippen MR) is 120 cm³/mol. The van der Waals surface area contributed by atoms with Crippen molar-refractivity contribution < 1.29 is 13.2 Å². The highest BCUT2D eigenvalue weighted by atomic mass is 32.2. The first kappa shape index (κ1) is 22.5. The molecule has 0 saturated carbocycles. The molecule has 2 unspecified atom stereocenters. The minimum Gasteiger partial charge on any atom is -0.349 e. The minimum absolute atomic E-state index is 0.0449. The van der Waals surface area contributed by atoms with Crippen LogP contribution in [0.5, 0.6) is 0 Å². The number of hydrogen-bond donors (Lipinski definition) is 1. The molecule has 2 aromatic rings. The van der Waals surface area contributed by atoms with E-state index in [1.807, 2.05) is 67.6 Å². The normalized spacial score (nSPS) is 18.6. The summed E-state index contributed by atoms with van der Waals surface area (Å²) in [6.07, 6.45) is 3.58. The van der Waals surface area contributed by atoms with Crippen molar-refractivity contribution in [2.24, 2.45) is 5.92 Å². The monoisotopic (exact) mass is 428 g/mol. The van der Waals surface area contributed by atoms with Gasteiger partial charge in [-0.05, 0) is 43.2 Å². The number of carbonyl (C=O) groups excluding carboxylic acids is 1. The lowest BCUT2D eigenvalue weighted by Crippen LogP contribution is -2.46. The van der Waals surface area contributed by atoms with Gasteiger partial charge >= 0.3 is 0 Å². The van der Waals surface area contributed by atoms with Gasteiger partial charge in [0.15, 0.2) is 0 Å². The third-order valence-corrected chi connectivity index (χ3v) is 7.71. The lowest BCUT2D eigenvalue weighted by Gasteiger charge is -2.32. The molecule has 30 heavy (non-hydrogen) atoms. The quantitative estimate of drug-likeness (QED) is 0.658. The van der Waals surface area contributed by atoms with Crippen molar-refractivity contribution >= 4 is 15.9 Å². The maximum Gasteiger partial charge on any atom is 0.224 e. The number of hydrogen-bond acceptors (Lipinski definition) is 3. The molecule has 0 aromatic heterocycles. The molecule has 0 bridgehead atoms. The summed E-state index contributed by atoms with van der Waals surface area (Å²) in [5.41, 5.74) is 2.23. The summed E-state index contributed by atoms with van der Waals surface area (Å²) in [5.74, 6) is -0.215. The highest BCUT2D eigenvalue weighted by Gasteiger charge is 2.32. The third kappa shape index (κ3) is 6.16. The van der Waals surface area contributed by atoms with E-state index in [-0.39, 0.29) is 30.2 Å². The number of nitrogens with one attached hydrogen (secondary N) is 1. The van der Waals surface area contributed by atoms with E-state index in [2.05, 4.69) is 5.32 Å². The van der Waals surface area contributed by atoms with E-state index < -0.39 is 10.0 Å². The number of carbonyl (C=O) groups is 1. The Hall–Kier alpha value is -2.18. The molecule has 1 N–H and O–H groups in total. The number of piperidine rings is 1. The van der Waals surface area contributed by atoms with Crippen LogP contribution >= 0.6 is 0 Å². The van der Waals surface area contributed by atoms with Gasteiger partial charge < -0.3 is 5.32 Å². The Morgan fingerprint density at radius 1 is 1.10 bits per heavy atom. The van der Waals surface area contributed by atoms with Crippen molar-refractivity contribution in [1.82, 2.24) is 9.62 Å². The van der Waals surface area contributed by atoms with E-state index in [9.17, 15) is 13.2 Å². The second-order valence-corrected chi connectivity index (χ2v) is 10.1. The number of rotatable bonds is 9. The minimum atomic E-state index is -3.35. The molecule has 1 saturated heterocycles. The van der Waals surface area contributed by atoms with E-state index in [0.29, 0.717) is 13.0 Å². The van der Waals surface area contributed by atoms with E-state index in [4.69, 9.17) is 0 Å². The molecule has 1 fully saturated rings. The Kier molecular flexibility index (Phi) is 8.05. The number of nitrogens with zero attached hydrogens (tertiary/aromatic N) is 1. The Balaban J connectivity index is 1.55. The van der Waals surface area contributed by atoms with E-state index in [1.165, 1.54) is 4.31 Å². The molecule has 1 aliphatic heterocycles. The Bertz CT molecular complexity index is 901. The maximum atomic E-state index is 12.9. The largest absolute Gasteiger partial charge is 0.349 e. The summed E-state index contributed by atoms with van der Waals surface area (Å²) in [6.45, 7) is 2.83. The van der Waals surface area contributed by atoms with Crippen LogP contribution in [0.25, 0.3) is 0 Å². The first-order chi connectivity index (χ1) is 14.5. The molecule has 6 heteroatoms. The molecule has 0 aliphatic carbocycles. The number of sulfonamides is 1. The van der Waals surface area contributed by atoms with Gasteiger partial charge in [-0.25, -0.2) is 12.7 Å². The summed E-state index contributed by atoms with van der Waals surface area (Å²) < 4.78 is 27.2. The summed E-state index contributed by atoms with van der Waals surface area (Å²) in [6, 6.07) is 19.8. The van der Waals surface area contributed by atoms with Crippen LogP contribution in [0.1, 0.15) is 49.8 Å². The Labute approximate surface area is 180 Å². The van der Waals surface area contributed by atoms with Gasteiger partial charge in [-0.2, -0.15) is 0 Å². The standard InChI is InChI=1S/C24H32N2O3S/c1-2-23(21-14-7-4-8-15-21)25-24(27)22-16-9-17-26(19-22)30(28,29)18-10-13-20-11-5-3-6-12-20/h3-8,11-12,14-15,22-23H,2,9-10,13,16-19H2,1H3,(H,25,27). The molecule has 1 amide bonds. The summed E-state index contributed by atoms with van der Waals surface area (Å²) in [4.78, 5) is 12.9. The third-order valence-electron chi connectivity index (χ3n) is 5.79. The van der Waals surface area contributed by atoms with Crippen LogP contribution in [-0.4, -0.2) is 37.5 Å². The van der Waals surface area contributed by atoms with Crippen LogP contribution in [-0.2, 0) is 21.2 Å². The Morgan fingerprint density at radius 3 is 2.43 bits per heavy atom. The van der Waals surface area contributed by atoms with Gasteiger partial charge in [-0.15, -0.1) is 0 Å².